The zero-order valence-corrected chi connectivity index (χ0v) is 9.70. The van der Waals surface area contributed by atoms with E-state index >= 15 is 0 Å². The summed E-state index contributed by atoms with van der Waals surface area (Å²) in [5, 5.41) is 9.10. The minimum absolute atomic E-state index is 0.0781. The molecule has 1 aliphatic heterocycles. The fourth-order valence-electron chi connectivity index (χ4n) is 2.27. The molecule has 0 unspecified atom stereocenters. The first-order valence-electron chi connectivity index (χ1n) is 5.48. The Kier molecular flexibility index (Phi) is 2.47. The minimum atomic E-state index is 0.0781. The summed E-state index contributed by atoms with van der Waals surface area (Å²) in [6.45, 7) is 5.32. The van der Waals surface area contributed by atoms with Crippen molar-refractivity contribution in [3.05, 3.63) is 17.8 Å². The fraction of sp³-hybridized carbons (Fsp3) is 0.500. The molecule has 1 saturated heterocycles. The third-order valence-electron chi connectivity index (χ3n) is 3.16. The molecule has 0 saturated carbocycles. The lowest BCUT2D eigenvalue weighted by Gasteiger charge is -2.33. The van der Waals surface area contributed by atoms with E-state index in [2.05, 4.69) is 29.8 Å². The number of anilines is 2. The molecule has 1 aliphatic rings. The first-order chi connectivity index (χ1) is 7.54. The molecule has 2 N–H and O–H groups in total. The largest absolute Gasteiger partial charge is 0.397 e. The number of hydrogen-bond donors (Lipinski definition) is 1. The fourth-order valence-corrected chi connectivity index (χ4v) is 2.27. The Bertz CT molecular complexity index is 445. The Hall–Kier alpha value is -1.76. The molecule has 0 bridgehead atoms. The van der Waals surface area contributed by atoms with E-state index in [4.69, 9.17) is 11.0 Å². The predicted molar refractivity (Wildman–Crippen MR) is 64.0 cm³/mol. The van der Waals surface area contributed by atoms with Gasteiger partial charge in [-0.2, -0.15) is 5.26 Å². The zero-order chi connectivity index (χ0) is 11.8. The van der Waals surface area contributed by atoms with Crippen LogP contribution in [-0.2, 0) is 0 Å². The second-order valence-corrected chi connectivity index (χ2v) is 4.82. The van der Waals surface area contributed by atoms with Gasteiger partial charge in [0, 0.05) is 12.1 Å². The lowest BCUT2D eigenvalue weighted by molar-refractivity contribution is 0.514. The van der Waals surface area contributed by atoms with Gasteiger partial charge < -0.3 is 10.6 Å². The van der Waals surface area contributed by atoms with E-state index < -0.39 is 0 Å². The van der Waals surface area contributed by atoms with Gasteiger partial charge in [0.05, 0.1) is 17.4 Å². The summed E-state index contributed by atoms with van der Waals surface area (Å²) < 4.78 is 0. The maximum atomic E-state index is 9.10. The van der Waals surface area contributed by atoms with E-state index in [1.165, 1.54) is 0 Å². The van der Waals surface area contributed by atoms with Crippen molar-refractivity contribution < 1.29 is 0 Å². The van der Waals surface area contributed by atoms with Gasteiger partial charge in [0.15, 0.2) is 0 Å². The molecule has 0 amide bonds. The molecule has 4 heteroatoms. The van der Waals surface area contributed by atoms with Crippen LogP contribution in [0.5, 0.6) is 0 Å². The molecule has 0 spiro atoms. The van der Waals surface area contributed by atoms with E-state index in [1.807, 2.05) is 0 Å². The predicted octanol–water partition coefficient (Wildman–Crippen LogP) is 1.91. The number of rotatable bonds is 1. The number of nitriles is 1. The highest BCUT2D eigenvalue weighted by molar-refractivity contribution is 5.60. The monoisotopic (exact) mass is 216 g/mol. The summed E-state index contributed by atoms with van der Waals surface area (Å²) in [5.74, 6) is 0.763. The van der Waals surface area contributed by atoms with Gasteiger partial charge in [-0.3, -0.25) is 0 Å². The maximum absolute atomic E-state index is 9.10. The number of hydrogen-bond acceptors (Lipinski definition) is 4. The Morgan fingerprint density at radius 2 is 2.31 bits per heavy atom. The van der Waals surface area contributed by atoms with Crippen LogP contribution in [0.2, 0.25) is 0 Å². The second kappa shape index (κ2) is 3.67. The van der Waals surface area contributed by atoms with E-state index in [-0.39, 0.29) is 5.54 Å². The molecule has 1 aromatic rings. The van der Waals surface area contributed by atoms with Crippen LogP contribution in [0.1, 0.15) is 32.3 Å². The van der Waals surface area contributed by atoms with E-state index in [0.29, 0.717) is 11.3 Å². The standard InChI is InChI=1S/C12H16N4/c1-12(2)4-3-5-16(12)11-9(7-13)6-10(14)8-15-11/h6,8H,3-5,14H2,1-2H3. The molecular weight excluding hydrogens is 200 g/mol. The van der Waals surface area contributed by atoms with Crippen molar-refractivity contribution in [2.75, 3.05) is 17.2 Å². The van der Waals surface area contributed by atoms with Gasteiger partial charge in [0.1, 0.15) is 11.9 Å². The van der Waals surface area contributed by atoms with Gasteiger partial charge in [0.25, 0.3) is 0 Å². The maximum Gasteiger partial charge on any atom is 0.147 e. The van der Waals surface area contributed by atoms with Crippen LogP contribution in [0.3, 0.4) is 0 Å². The molecule has 84 valence electrons. The molecule has 2 heterocycles. The van der Waals surface area contributed by atoms with E-state index in [1.54, 1.807) is 12.3 Å². The van der Waals surface area contributed by atoms with Gasteiger partial charge in [0.2, 0.25) is 0 Å². The average molecular weight is 216 g/mol. The van der Waals surface area contributed by atoms with Crippen molar-refractivity contribution >= 4 is 11.5 Å². The van der Waals surface area contributed by atoms with Gasteiger partial charge in [-0.1, -0.05) is 0 Å². The quantitative estimate of drug-likeness (QED) is 0.778. The lowest BCUT2D eigenvalue weighted by atomic mass is 10.0. The summed E-state index contributed by atoms with van der Waals surface area (Å²) in [7, 11) is 0. The number of aromatic nitrogens is 1. The highest BCUT2D eigenvalue weighted by atomic mass is 15.3. The molecule has 0 atom stereocenters. The van der Waals surface area contributed by atoms with Crippen LogP contribution in [-0.4, -0.2) is 17.1 Å². The van der Waals surface area contributed by atoms with Crippen LogP contribution in [0, 0.1) is 11.3 Å². The molecule has 2 rings (SSSR count). The number of nitrogens with two attached hydrogens (primary N) is 1. The third-order valence-corrected chi connectivity index (χ3v) is 3.16. The minimum Gasteiger partial charge on any atom is -0.397 e. The molecule has 1 aromatic heterocycles. The Morgan fingerprint density at radius 1 is 1.56 bits per heavy atom. The summed E-state index contributed by atoms with van der Waals surface area (Å²) in [5.41, 5.74) is 6.82. The highest BCUT2D eigenvalue weighted by Gasteiger charge is 2.34. The molecule has 4 nitrogen and oxygen atoms in total. The van der Waals surface area contributed by atoms with Gasteiger partial charge >= 0.3 is 0 Å². The zero-order valence-electron chi connectivity index (χ0n) is 9.70. The van der Waals surface area contributed by atoms with Crippen molar-refractivity contribution in [1.29, 1.82) is 5.26 Å². The summed E-state index contributed by atoms with van der Waals surface area (Å²) >= 11 is 0. The van der Waals surface area contributed by atoms with Crippen molar-refractivity contribution in [1.82, 2.24) is 4.98 Å². The summed E-state index contributed by atoms with van der Waals surface area (Å²) in [6.07, 6.45) is 3.89. The Labute approximate surface area is 95.7 Å². The Balaban J connectivity index is 2.45. The molecule has 0 aromatic carbocycles. The van der Waals surface area contributed by atoms with E-state index in [9.17, 15) is 0 Å². The van der Waals surface area contributed by atoms with Gasteiger partial charge in [-0.15, -0.1) is 0 Å². The van der Waals surface area contributed by atoms with Crippen LogP contribution in [0.4, 0.5) is 11.5 Å². The van der Waals surface area contributed by atoms with Crippen molar-refractivity contribution in [2.45, 2.75) is 32.2 Å². The molecule has 0 radical (unpaired) electrons. The lowest BCUT2D eigenvalue weighted by Crippen LogP contribution is -2.39. The van der Waals surface area contributed by atoms with Gasteiger partial charge in [-0.25, -0.2) is 4.98 Å². The molecule has 16 heavy (non-hydrogen) atoms. The van der Waals surface area contributed by atoms with E-state index in [0.717, 1.165) is 25.2 Å². The van der Waals surface area contributed by atoms with Gasteiger partial charge in [-0.05, 0) is 32.8 Å². The van der Waals surface area contributed by atoms with Crippen molar-refractivity contribution in [3.63, 3.8) is 0 Å². The number of pyridine rings is 1. The van der Waals surface area contributed by atoms with Crippen molar-refractivity contribution in [2.24, 2.45) is 0 Å². The second-order valence-electron chi connectivity index (χ2n) is 4.82. The summed E-state index contributed by atoms with van der Waals surface area (Å²) in [6, 6.07) is 3.86. The van der Waals surface area contributed by atoms with Crippen LogP contribution in [0.15, 0.2) is 12.3 Å². The van der Waals surface area contributed by atoms with Crippen LogP contribution < -0.4 is 10.6 Å². The smallest absolute Gasteiger partial charge is 0.147 e. The molecular formula is C12H16N4. The Morgan fingerprint density at radius 3 is 2.88 bits per heavy atom. The third kappa shape index (κ3) is 1.69. The SMILES string of the molecule is CC1(C)CCCN1c1ncc(N)cc1C#N. The highest BCUT2D eigenvalue weighted by Crippen LogP contribution is 2.34. The van der Waals surface area contributed by atoms with Crippen LogP contribution in [0.25, 0.3) is 0 Å². The first kappa shape index (κ1) is 10.7. The molecule has 1 fully saturated rings. The van der Waals surface area contributed by atoms with Crippen molar-refractivity contribution in [3.8, 4) is 6.07 Å². The van der Waals surface area contributed by atoms with Crippen LogP contribution >= 0.6 is 0 Å². The average Bonchev–Trinajstić information content (AvgIpc) is 2.58. The molecule has 0 aliphatic carbocycles. The normalized spacial score (nSPS) is 18.4. The topological polar surface area (TPSA) is 65.9 Å². The number of nitrogens with zero attached hydrogens (tertiary/aromatic N) is 3. The first-order valence-corrected chi connectivity index (χ1v) is 5.48. The number of nitrogen functional groups attached to an aromatic ring is 1. The summed E-state index contributed by atoms with van der Waals surface area (Å²) in [4.78, 5) is 6.50.